The number of carbonyl (C=O) groups is 2. The molecule has 2 rings (SSSR count). The van der Waals surface area contributed by atoms with Crippen LogP contribution in [0.4, 0.5) is 27.6 Å². The van der Waals surface area contributed by atoms with E-state index in [2.05, 4.69) is 5.32 Å². The van der Waals surface area contributed by atoms with Crippen LogP contribution in [0.5, 0.6) is 0 Å². The minimum Gasteiger partial charge on any atom is -0.481 e. The van der Waals surface area contributed by atoms with Crippen molar-refractivity contribution in [2.75, 3.05) is 18.4 Å². The highest BCUT2D eigenvalue weighted by molar-refractivity contribution is 5.94. The molecular formula is C15H16ClF5N2O3. The Morgan fingerprint density at radius 2 is 1.85 bits per heavy atom. The zero-order valence-corrected chi connectivity index (χ0v) is 14.2. The van der Waals surface area contributed by atoms with Gasteiger partial charge in [-0.1, -0.05) is 0 Å². The average Bonchev–Trinajstić information content (AvgIpc) is 2.96. The highest BCUT2D eigenvalue weighted by Crippen LogP contribution is 2.38. The second-order valence-corrected chi connectivity index (χ2v) is 5.84. The number of likely N-dealkylation sites (tertiary alicyclic amines) is 1. The molecule has 1 fully saturated rings. The van der Waals surface area contributed by atoms with Crippen LogP contribution in [0.2, 0.25) is 0 Å². The van der Waals surface area contributed by atoms with Crippen LogP contribution in [-0.2, 0) is 9.59 Å². The lowest BCUT2D eigenvalue weighted by Crippen LogP contribution is -2.41. The van der Waals surface area contributed by atoms with Gasteiger partial charge in [-0.25, -0.2) is 8.78 Å². The van der Waals surface area contributed by atoms with Gasteiger partial charge in [-0.15, -0.1) is 12.4 Å². The Labute approximate surface area is 151 Å². The van der Waals surface area contributed by atoms with Gasteiger partial charge in [0.05, 0.1) is 17.9 Å². The second kappa shape index (κ2) is 8.17. The normalized spacial score (nSPS) is 21.8. The SMILES string of the molecule is CC(C(=O)Nc1ccc(F)c(F)c1)N1C[C@@H](C(F)(F)F)[C@H](C(=O)O)C1.Cl. The average molecular weight is 403 g/mol. The fraction of sp³-hybridized carbons (Fsp3) is 0.467. The molecule has 0 aliphatic carbocycles. The van der Waals surface area contributed by atoms with Gasteiger partial charge in [-0.3, -0.25) is 14.5 Å². The number of carbonyl (C=O) groups excluding carboxylic acids is 1. The molecule has 0 saturated carbocycles. The number of hydrogen-bond donors (Lipinski definition) is 2. The topological polar surface area (TPSA) is 69.6 Å². The van der Waals surface area contributed by atoms with E-state index in [4.69, 9.17) is 5.11 Å². The van der Waals surface area contributed by atoms with Crippen molar-refractivity contribution in [2.45, 2.75) is 19.1 Å². The molecule has 11 heteroatoms. The Morgan fingerprint density at radius 3 is 2.31 bits per heavy atom. The van der Waals surface area contributed by atoms with Crippen LogP contribution < -0.4 is 5.32 Å². The van der Waals surface area contributed by atoms with E-state index >= 15 is 0 Å². The quantitative estimate of drug-likeness (QED) is 0.760. The van der Waals surface area contributed by atoms with Crippen LogP contribution in [0, 0.1) is 23.5 Å². The number of hydrogen-bond acceptors (Lipinski definition) is 3. The van der Waals surface area contributed by atoms with Gasteiger partial charge in [0.2, 0.25) is 5.91 Å². The number of alkyl halides is 3. The zero-order chi connectivity index (χ0) is 18.9. The molecule has 0 bridgehead atoms. The lowest BCUT2D eigenvalue weighted by atomic mass is 9.96. The number of aliphatic carboxylic acids is 1. The number of nitrogens with one attached hydrogen (secondary N) is 1. The van der Waals surface area contributed by atoms with E-state index < -0.39 is 60.7 Å². The smallest absolute Gasteiger partial charge is 0.393 e. The number of halogens is 6. The number of carboxylic acids is 1. The molecule has 1 saturated heterocycles. The summed E-state index contributed by atoms with van der Waals surface area (Å²) in [5.74, 6) is -8.38. The number of amides is 1. The highest BCUT2D eigenvalue weighted by atomic mass is 35.5. The summed E-state index contributed by atoms with van der Waals surface area (Å²) in [6, 6.07) is 1.56. The summed E-state index contributed by atoms with van der Waals surface area (Å²) in [7, 11) is 0. The van der Waals surface area contributed by atoms with Crippen molar-refractivity contribution in [3.05, 3.63) is 29.8 Å². The number of benzene rings is 1. The minimum atomic E-state index is -4.70. The minimum absolute atomic E-state index is 0. The number of carboxylic acid groups (broad SMARTS) is 1. The summed E-state index contributed by atoms with van der Waals surface area (Å²) in [5, 5.41) is 11.2. The molecule has 146 valence electrons. The number of nitrogens with zero attached hydrogens (tertiary/aromatic N) is 1. The van der Waals surface area contributed by atoms with Crippen LogP contribution >= 0.6 is 12.4 Å². The fourth-order valence-electron chi connectivity index (χ4n) is 2.72. The van der Waals surface area contributed by atoms with Crippen molar-refractivity contribution in [1.82, 2.24) is 4.90 Å². The maximum atomic E-state index is 13.1. The monoisotopic (exact) mass is 402 g/mol. The molecule has 1 aromatic carbocycles. The summed E-state index contributed by atoms with van der Waals surface area (Å²) >= 11 is 0. The second-order valence-electron chi connectivity index (χ2n) is 5.84. The largest absolute Gasteiger partial charge is 0.481 e. The van der Waals surface area contributed by atoms with Gasteiger partial charge in [0.1, 0.15) is 0 Å². The van der Waals surface area contributed by atoms with Gasteiger partial charge < -0.3 is 10.4 Å². The first-order valence-corrected chi connectivity index (χ1v) is 7.30. The van der Waals surface area contributed by atoms with Gasteiger partial charge in [0.15, 0.2) is 11.6 Å². The molecule has 1 unspecified atom stereocenters. The predicted octanol–water partition coefficient (Wildman–Crippen LogP) is 2.91. The van der Waals surface area contributed by atoms with E-state index in [1.54, 1.807) is 0 Å². The standard InChI is InChI=1S/C15H15F5N2O3.ClH/c1-7(13(23)21-8-2-3-11(16)12(17)4-8)22-5-9(14(24)25)10(6-22)15(18,19)20;/h2-4,7,9-10H,5-6H2,1H3,(H,21,23)(H,24,25);1H/t7?,9-,10-;/m1./s1. The highest BCUT2D eigenvalue weighted by Gasteiger charge is 2.53. The molecular weight excluding hydrogens is 387 g/mol. The van der Waals surface area contributed by atoms with Crippen molar-refractivity contribution in [1.29, 1.82) is 0 Å². The van der Waals surface area contributed by atoms with Gasteiger partial charge in [0, 0.05) is 24.8 Å². The first-order valence-electron chi connectivity index (χ1n) is 7.30. The molecule has 1 heterocycles. The first-order chi connectivity index (χ1) is 11.5. The van der Waals surface area contributed by atoms with E-state index in [0.717, 1.165) is 23.1 Å². The third-order valence-electron chi connectivity index (χ3n) is 4.20. The predicted molar refractivity (Wildman–Crippen MR) is 83.9 cm³/mol. The third kappa shape index (κ3) is 4.82. The molecule has 1 aliphatic heterocycles. The van der Waals surface area contributed by atoms with Gasteiger partial charge in [-0.05, 0) is 19.1 Å². The molecule has 0 aromatic heterocycles. The lowest BCUT2D eigenvalue weighted by Gasteiger charge is -2.23. The summed E-state index contributed by atoms with van der Waals surface area (Å²) < 4.78 is 64.9. The summed E-state index contributed by atoms with van der Waals surface area (Å²) in [4.78, 5) is 24.3. The fourth-order valence-corrected chi connectivity index (χ4v) is 2.72. The molecule has 1 aromatic rings. The van der Waals surface area contributed by atoms with Crippen molar-refractivity contribution < 1.29 is 36.6 Å². The Balaban J connectivity index is 0.00000338. The van der Waals surface area contributed by atoms with Crippen LogP contribution in [-0.4, -0.2) is 47.2 Å². The number of anilines is 1. The van der Waals surface area contributed by atoms with E-state index in [1.807, 2.05) is 0 Å². The molecule has 2 N–H and O–H groups in total. The van der Waals surface area contributed by atoms with E-state index in [9.17, 15) is 31.5 Å². The molecule has 0 radical (unpaired) electrons. The summed E-state index contributed by atoms with van der Waals surface area (Å²) in [6.45, 7) is 0.242. The van der Waals surface area contributed by atoms with Crippen molar-refractivity contribution in [3.8, 4) is 0 Å². The third-order valence-corrected chi connectivity index (χ3v) is 4.20. The van der Waals surface area contributed by atoms with Crippen molar-refractivity contribution in [3.63, 3.8) is 0 Å². The molecule has 26 heavy (non-hydrogen) atoms. The Morgan fingerprint density at radius 1 is 1.23 bits per heavy atom. The molecule has 5 nitrogen and oxygen atoms in total. The maximum absolute atomic E-state index is 13.1. The van der Waals surface area contributed by atoms with Gasteiger partial charge in [-0.2, -0.15) is 13.2 Å². The van der Waals surface area contributed by atoms with Crippen molar-refractivity contribution in [2.24, 2.45) is 11.8 Å². The molecule has 1 amide bonds. The maximum Gasteiger partial charge on any atom is 0.393 e. The number of rotatable bonds is 4. The Kier molecular flexibility index (Phi) is 6.95. The van der Waals surface area contributed by atoms with Gasteiger partial charge >= 0.3 is 12.1 Å². The van der Waals surface area contributed by atoms with E-state index in [1.165, 1.54) is 6.92 Å². The molecule has 1 aliphatic rings. The van der Waals surface area contributed by atoms with Gasteiger partial charge in [0.25, 0.3) is 0 Å². The lowest BCUT2D eigenvalue weighted by molar-refractivity contribution is -0.188. The van der Waals surface area contributed by atoms with Crippen LogP contribution in [0.3, 0.4) is 0 Å². The van der Waals surface area contributed by atoms with Crippen molar-refractivity contribution >= 4 is 30.0 Å². The van der Waals surface area contributed by atoms with Crippen LogP contribution in [0.15, 0.2) is 18.2 Å². The Bertz CT molecular complexity index is 686. The van der Waals surface area contributed by atoms with Crippen LogP contribution in [0.1, 0.15) is 6.92 Å². The first kappa shape index (κ1) is 22.1. The summed E-state index contributed by atoms with van der Waals surface area (Å²) in [6.07, 6.45) is -4.70. The summed E-state index contributed by atoms with van der Waals surface area (Å²) in [5.41, 5.74) is -0.0582. The van der Waals surface area contributed by atoms with Crippen LogP contribution in [0.25, 0.3) is 0 Å². The van der Waals surface area contributed by atoms with E-state index in [-0.39, 0.29) is 18.1 Å². The zero-order valence-electron chi connectivity index (χ0n) is 13.4. The molecule has 3 atom stereocenters. The molecule has 0 spiro atoms. The van der Waals surface area contributed by atoms with E-state index in [0.29, 0.717) is 0 Å². The Hall–Kier alpha value is -1.94.